The van der Waals surface area contributed by atoms with Crippen LogP contribution in [-0.2, 0) is 6.42 Å². The van der Waals surface area contributed by atoms with Crippen molar-refractivity contribution in [2.75, 3.05) is 0 Å². The summed E-state index contributed by atoms with van der Waals surface area (Å²) in [6, 6.07) is 8.93. The van der Waals surface area contributed by atoms with E-state index in [1.807, 2.05) is 13.0 Å². The number of aromatic carboxylic acids is 1. The number of aromatic nitrogens is 2. The van der Waals surface area contributed by atoms with Gasteiger partial charge in [-0.1, -0.05) is 25.1 Å². The molecule has 0 radical (unpaired) electrons. The number of rotatable bonds is 4. The molecule has 1 aromatic carbocycles. The highest BCUT2D eigenvalue weighted by atomic mass is 16.5. The Hall–Kier alpha value is -2.43. The lowest BCUT2D eigenvalue weighted by Gasteiger charge is -2.08. The molecule has 92 valence electrons. The molecule has 1 N–H and O–H groups in total. The third kappa shape index (κ3) is 2.63. The van der Waals surface area contributed by atoms with Crippen LogP contribution < -0.4 is 4.74 Å². The Morgan fingerprint density at radius 1 is 1.33 bits per heavy atom. The van der Waals surface area contributed by atoms with Crippen molar-refractivity contribution >= 4 is 5.97 Å². The zero-order chi connectivity index (χ0) is 13.0. The maximum absolute atomic E-state index is 11.1. The van der Waals surface area contributed by atoms with Crippen molar-refractivity contribution in [3.63, 3.8) is 0 Å². The average molecular weight is 244 g/mol. The first kappa shape index (κ1) is 12.0. The van der Waals surface area contributed by atoms with E-state index in [1.54, 1.807) is 24.3 Å². The molecule has 2 rings (SSSR count). The molecule has 0 aliphatic rings. The highest BCUT2D eigenvalue weighted by molar-refractivity contribution is 5.89. The molecule has 18 heavy (non-hydrogen) atoms. The van der Waals surface area contributed by atoms with Crippen LogP contribution in [-0.4, -0.2) is 21.0 Å². The summed E-state index contributed by atoms with van der Waals surface area (Å²) >= 11 is 0. The van der Waals surface area contributed by atoms with Crippen LogP contribution in [0.25, 0.3) is 0 Å². The third-order valence-electron chi connectivity index (χ3n) is 2.31. The van der Waals surface area contributed by atoms with Gasteiger partial charge in [0.25, 0.3) is 0 Å². The van der Waals surface area contributed by atoms with Crippen LogP contribution in [0.4, 0.5) is 0 Å². The molecule has 0 aliphatic heterocycles. The van der Waals surface area contributed by atoms with E-state index in [2.05, 4.69) is 9.97 Å². The quantitative estimate of drug-likeness (QED) is 0.894. The maximum atomic E-state index is 11.1. The first-order valence-electron chi connectivity index (χ1n) is 5.53. The predicted molar refractivity (Wildman–Crippen MR) is 64.9 cm³/mol. The molecule has 0 atom stereocenters. The van der Waals surface area contributed by atoms with Crippen LogP contribution in [0, 0.1) is 0 Å². The summed E-state index contributed by atoms with van der Waals surface area (Å²) in [4.78, 5) is 19.1. The van der Waals surface area contributed by atoms with Crippen molar-refractivity contribution in [3.05, 3.63) is 47.9 Å². The van der Waals surface area contributed by atoms with Crippen molar-refractivity contribution in [1.29, 1.82) is 0 Å². The molecule has 1 heterocycles. The van der Waals surface area contributed by atoms with Gasteiger partial charge in [-0.2, -0.15) is 4.98 Å². The number of ether oxygens (including phenoxy) is 1. The SMILES string of the molecule is CCc1ncc(C(=O)O)c(Oc2ccccc2)n1. The van der Waals surface area contributed by atoms with Gasteiger partial charge in [0.05, 0.1) is 0 Å². The van der Waals surface area contributed by atoms with Crippen molar-refractivity contribution in [3.8, 4) is 11.6 Å². The van der Waals surface area contributed by atoms with E-state index in [0.717, 1.165) is 0 Å². The van der Waals surface area contributed by atoms with E-state index in [1.165, 1.54) is 6.20 Å². The van der Waals surface area contributed by atoms with Crippen molar-refractivity contribution in [2.45, 2.75) is 13.3 Å². The average Bonchev–Trinajstić information content (AvgIpc) is 2.39. The summed E-state index contributed by atoms with van der Waals surface area (Å²) in [6.07, 6.45) is 1.89. The van der Waals surface area contributed by atoms with E-state index in [4.69, 9.17) is 9.84 Å². The second-order valence-corrected chi connectivity index (χ2v) is 3.58. The van der Waals surface area contributed by atoms with Crippen molar-refractivity contribution in [2.24, 2.45) is 0 Å². The van der Waals surface area contributed by atoms with Gasteiger partial charge in [-0.15, -0.1) is 0 Å². The molecule has 0 bridgehead atoms. The van der Waals surface area contributed by atoms with Crippen LogP contribution in [0.15, 0.2) is 36.5 Å². The monoisotopic (exact) mass is 244 g/mol. The Balaban J connectivity index is 2.38. The molecule has 0 aliphatic carbocycles. The molecule has 0 spiro atoms. The zero-order valence-electron chi connectivity index (χ0n) is 9.83. The van der Waals surface area contributed by atoms with Gasteiger partial charge in [-0.3, -0.25) is 0 Å². The van der Waals surface area contributed by atoms with Gasteiger partial charge in [0.15, 0.2) is 0 Å². The van der Waals surface area contributed by atoms with Crippen LogP contribution in [0.1, 0.15) is 23.1 Å². The van der Waals surface area contributed by atoms with Gasteiger partial charge >= 0.3 is 5.97 Å². The Kier molecular flexibility index (Phi) is 3.52. The molecule has 5 heteroatoms. The minimum absolute atomic E-state index is 0.0453. The van der Waals surface area contributed by atoms with Gasteiger partial charge in [-0.25, -0.2) is 9.78 Å². The standard InChI is InChI=1S/C13H12N2O3/c1-2-11-14-8-10(13(16)17)12(15-11)18-9-6-4-3-5-7-9/h3-8H,2H2,1H3,(H,16,17). The number of hydrogen-bond acceptors (Lipinski definition) is 4. The number of carboxylic acid groups (broad SMARTS) is 1. The van der Waals surface area contributed by atoms with Crippen LogP contribution >= 0.6 is 0 Å². The maximum Gasteiger partial charge on any atom is 0.342 e. The molecule has 0 amide bonds. The summed E-state index contributed by atoms with van der Waals surface area (Å²) in [5.74, 6) is 0.0517. The summed E-state index contributed by atoms with van der Waals surface area (Å²) in [7, 11) is 0. The van der Waals surface area contributed by atoms with Crippen LogP contribution in [0.5, 0.6) is 11.6 Å². The molecule has 5 nitrogen and oxygen atoms in total. The second kappa shape index (κ2) is 5.27. The number of para-hydroxylation sites is 1. The molecular formula is C13H12N2O3. The van der Waals surface area contributed by atoms with E-state index in [9.17, 15) is 4.79 Å². The van der Waals surface area contributed by atoms with E-state index >= 15 is 0 Å². The lowest BCUT2D eigenvalue weighted by Crippen LogP contribution is -2.05. The smallest absolute Gasteiger partial charge is 0.342 e. The molecule has 0 saturated carbocycles. The van der Waals surface area contributed by atoms with Crippen molar-refractivity contribution in [1.82, 2.24) is 9.97 Å². The molecule has 0 saturated heterocycles. The highest BCUT2D eigenvalue weighted by Crippen LogP contribution is 2.22. The fraction of sp³-hybridized carbons (Fsp3) is 0.154. The number of carboxylic acids is 1. The van der Waals surface area contributed by atoms with Gasteiger partial charge in [0.1, 0.15) is 17.1 Å². The van der Waals surface area contributed by atoms with Crippen LogP contribution in [0.2, 0.25) is 0 Å². The van der Waals surface area contributed by atoms with Gasteiger partial charge in [0.2, 0.25) is 5.88 Å². The fourth-order valence-electron chi connectivity index (χ4n) is 1.40. The molecule has 0 unspecified atom stereocenters. The molecule has 2 aromatic rings. The number of nitrogens with zero attached hydrogens (tertiary/aromatic N) is 2. The third-order valence-corrected chi connectivity index (χ3v) is 2.31. The second-order valence-electron chi connectivity index (χ2n) is 3.58. The van der Waals surface area contributed by atoms with E-state index < -0.39 is 5.97 Å². The molecular weight excluding hydrogens is 232 g/mol. The Morgan fingerprint density at radius 3 is 2.67 bits per heavy atom. The van der Waals surface area contributed by atoms with Crippen LogP contribution in [0.3, 0.4) is 0 Å². The number of aryl methyl sites for hydroxylation is 1. The van der Waals surface area contributed by atoms with E-state index in [0.29, 0.717) is 18.0 Å². The minimum Gasteiger partial charge on any atom is -0.477 e. The number of benzene rings is 1. The number of carbonyl (C=O) groups is 1. The summed E-state index contributed by atoms with van der Waals surface area (Å²) in [5, 5.41) is 9.05. The first-order valence-corrected chi connectivity index (χ1v) is 5.53. The minimum atomic E-state index is -1.11. The number of hydrogen-bond donors (Lipinski definition) is 1. The Labute approximate surface area is 104 Å². The Bertz CT molecular complexity index is 555. The summed E-state index contributed by atoms with van der Waals surface area (Å²) < 4.78 is 5.48. The zero-order valence-corrected chi connectivity index (χ0v) is 9.83. The normalized spacial score (nSPS) is 10.1. The predicted octanol–water partition coefficient (Wildman–Crippen LogP) is 2.53. The van der Waals surface area contributed by atoms with Gasteiger partial charge < -0.3 is 9.84 Å². The lowest BCUT2D eigenvalue weighted by molar-refractivity contribution is 0.0692. The van der Waals surface area contributed by atoms with Crippen molar-refractivity contribution < 1.29 is 14.6 Å². The topological polar surface area (TPSA) is 72.3 Å². The highest BCUT2D eigenvalue weighted by Gasteiger charge is 2.15. The molecule has 0 fully saturated rings. The fourth-order valence-corrected chi connectivity index (χ4v) is 1.40. The first-order chi connectivity index (χ1) is 8.70. The Morgan fingerprint density at radius 2 is 2.06 bits per heavy atom. The molecule has 1 aromatic heterocycles. The van der Waals surface area contributed by atoms with Gasteiger partial charge in [0, 0.05) is 12.6 Å². The summed E-state index contributed by atoms with van der Waals surface area (Å²) in [6.45, 7) is 1.89. The van der Waals surface area contributed by atoms with E-state index in [-0.39, 0.29) is 11.4 Å². The largest absolute Gasteiger partial charge is 0.477 e. The lowest BCUT2D eigenvalue weighted by atomic mass is 10.3. The summed E-state index contributed by atoms with van der Waals surface area (Å²) in [5.41, 5.74) is -0.0453. The van der Waals surface area contributed by atoms with Gasteiger partial charge in [-0.05, 0) is 12.1 Å².